The highest BCUT2D eigenvalue weighted by molar-refractivity contribution is 5.66. The first-order valence-electron chi connectivity index (χ1n) is 6.41. The van der Waals surface area contributed by atoms with Gasteiger partial charge in [-0.1, -0.05) is 13.8 Å². The Labute approximate surface area is 110 Å². The van der Waals surface area contributed by atoms with Crippen LogP contribution in [0.2, 0.25) is 0 Å². The average molecular weight is 262 g/mol. The third-order valence-electron chi connectivity index (χ3n) is 2.97. The average Bonchev–Trinajstić information content (AvgIpc) is 2.34. The van der Waals surface area contributed by atoms with Crippen molar-refractivity contribution in [1.82, 2.24) is 0 Å². The van der Waals surface area contributed by atoms with Gasteiger partial charge in [0.15, 0.2) is 0 Å². The van der Waals surface area contributed by atoms with Crippen LogP contribution in [0.5, 0.6) is 0 Å². The van der Waals surface area contributed by atoms with E-state index in [-0.39, 0.29) is 0 Å². The smallest absolute Gasteiger partial charge is 0.305 e. The van der Waals surface area contributed by atoms with Crippen molar-refractivity contribution < 1.29 is 23.7 Å². The van der Waals surface area contributed by atoms with Gasteiger partial charge in [-0.05, 0) is 13.3 Å². The Morgan fingerprint density at radius 3 is 1.89 bits per heavy atom. The number of hydrogen-bond acceptors (Lipinski definition) is 5. The van der Waals surface area contributed by atoms with Gasteiger partial charge in [0.05, 0.1) is 0 Å². The van der Waals surface area contributed by atoms with Crippen molar-refractivity contribution in [2.75, 3.05) is 20.8 Å². The summed E-state index contributed by atoms with van der Waals surface area (Å²) in [5.41, 5.74) is 0. The molecule has 18 heavy (non-hydrogen) atoms. The standard InChI is InChI=1S/C13H26O5/c1-7-10-13(16-6,18-11(4)14)12(8-2,15-5)17-9-3/h7-10H2,1-6H3. The van der Waals surface area contributed by atoms with Crippen molar-refractivity contribution in [3.63, 3.8) is 0 Å². The zero-order chi connectivity index (χ0) is 14.2. The third-order valence-corrected chi connectivity index (χ3v) is 2.97. The lowest BCUT2D eigenvalue weighted by Gasteiger charge is -2.46. The Morgan fingerprint density at radius 2 is 1.61 bits per heavy atom. The number of ether oxygens (including phenoxy) is 4. The molecule has 0 N–H and O–H groups in total. The second-order valence-electron chi connectivity index (χ2n) is 4.04. The second kappa shape index (κ2) is 7.71. The van der Waals surface area contributed by atoms with Crippen LogP contribution < -0.4 is 0 Å². The van der Waals surface area contributed by atoms with Gasteiger partial charge in [0.25, 0.3) is 5.79 Å². The van der Waals surface area contributed by atoms with Crippen LogP contribution >= 0.6 is 0 Å². The van der Waals surface area contributed by atoms with Gasteiger partial charge in [-0.25, -0.2) is 0 Å². The molecule has 0 aliphatic heterocycles. The normalized spacial score (nSPS) is 17.9. The molecule has 0 amide bonds. The molecule has 2 unspecified atom stereocenters. The van der Waals surface area contributed by atoms with Gasteiger partial charge in [-0.2, -0.15) is 0 Å². The summed E-state index contributed by atoms with van der Waals surface area (Å²) in [4.78, 5) is 11.4. The summed E-state index contributed by atoms with van der Waals surface area (Å²) in [7, 11) is 3.03. The fourth-order valence-corrected chi connectivity index (χ4v) is 2.25. The lowest BCUT2D eigenvalue weighted by molar-refractivity contribution is -0.389. The predicted octanol–water partition coefficient (Wildman–Crippen LogP) is 2.48. The van der Waals surface area contributed by atoms with Gasteiger partial charge in [-0.15, -0.1) is 0 Å². The molecule has 5 nitrogen and oxygen atoms in total. The number of methoxy groups -OCH3 is 2. The summed E-state index contributed by atoms with van der Waals surface area (Å²) in [5.74, 6) is -2.72. The van der Waals surface area contributed by atoms with Crippen molar-refractivity contribution in [3.8, 4) is 0 Å². The van der Waals surface area contributed by atoms with Gasteiger partial charge in [0, 0.05) is 40.6 Å². The fraction of sp³-hybridized carbons (Fsp3) is 0.923. The minimum absolute atomic E-state index is 0.417. The molecule has 0 spiro atoms. The minimum Gasteiger partial charge on any atom is -0.427 e. The molecule has 0 saturated carbocycles. The molecule has 108 valence electrons. The van der Waals surface area contributed by atoms with E-state index in [0.29, 0.717) is 19.4 Å². The zero-order valence-corrected chi connectivity index (χ0v) is 12.4. The van der Waals surface area contributed by atoms with E-state index in [4.69, 9.17) is 18.9 Å². The van der Waals surface area contributed by atoms with Crippen molar-refractivity contribution in [2.45, 2.75) is 58.5 Å². The largest absolute Gasteiger partial charge is 0.427 e. The highest BCUT2D eigenvalue weighted by Crippen LogP contribution is 2.38. The monoisotopic (exact) mass is 262 g/mol. The van der Waals surface area contributed by atoms with Gasteiger partial charge < -0.3 is 18.9 Å². The Kier molecular flexibility index (Phi) is 7.43. The number of carbonyl (C=O) groups excluding carboxylic acids is 1. The molecule has 0 aromatic carbocycles. The molecule has 0 aliphatic carbocycles. The molecule has 0 saturated heterocycles. The van der Waals surface area contributed by atoms with Crippen molar-refractivity contribution in [2.24, 2.45) is 0 Å². The first kappa shape index (κ1) is 17.4. The molecule has 0 aliphatic rings. The summed E-state index contributed by atoms with van der Waals surface area (Å²) in [6.45, 7) is 7.55. The highest BCUT2D eigenvalue weighted by Gasteiger charge is 2.55. The van der Waals surface area contributed by atoms with Crippen LogP contribution in [0.25, 0.3) is 0 Å². The molecule has 0 fully saturated rings. The van der Waals surface area contributed by atoms with Crippen LogP contribution in [-0.4, -0.2) is 38.4 Å². The second-order valence-corrected chi connectivity index (χ2v) is 4.04. The Morgan fingerprint density at radius 1 is 1.06 bits per heavy atom. The molecule has 2 atom stereocenters. The van der Waals surface area contributed by atoms with E-state index >= 15 is 0 Å². The summed E-state index contributed by atoms with van der Waals surface area (Å²) < 4.78 is 22.1. The molecule has 0 rings (SSSR count). The molecule has 5 heteroatoms. The summed E-state index contributed by atoms with van der Waals surface area (Å²) in [6, 6.07) is 0. The van der Waals surface area contributed by atoms with Crippen LogP contribution in [-0.2, 0) is 23.7 Å². The van der Waals surface area contributed by atoms with Crippen molar-refractivity contribution in [1.29, 1.82) is 0 Å². The topological polar surface area (TPSA) is 54.0 Å². The van der Waals surface area contributed by atoms with E-state index in [1.807, 2.05) is 20.8 Å². The van der Waals surface area contributed by atoms with Crippen LogP contribution in [0.15, 0.2) is 0 Å². The lowest BCUT2D eigenvalue weighted by Crippen LogP contribution is -2.60. The zero-order valence-electron chi connectivity index (χ0n) is 12.4. The van der Waals surface area contributed by atoms with Crippen LogP contribution in [0, 0.1) is 0 Å². The van der Waals surface area contributed by atoms with Crippen molar-refractivity contribution >= 4 is 5.97 Å². The SMILES string of the molecule is CCCC(OC)(OC(C)=O)C(CC)(OC)OCC. The molecule has 0 radical (unpaired) electrons. The quantitative estimate of drug-likeness (QED) is 0.472. The lowest BCUT2D eigenvalue weighted by atomic mass is 9.97. The molecule has 0 bridgehead atoms. The molecular formula is C13H26O5. The van der Waals surface area contributed by atoms with Crippen LogP contribution in [0.1, 0.15) is 47.0 Å². The van der Waals surface area contributed by atoms with Gasteiger partial charge in [0.1, 0.15) is 0 Å². The van der Waals surface area contributed by atoms with E-state index in [1.165, 1.54) is 21.1 Å². The van der Waals surface area contributed by atoms with E-state index in [0.717, 1.165) is 6.42 Å². The number of esters is 1. The maximum Gasteiger partial charge on any atom is 0.305 e. The van der Waals surface area contributed by atoms with E-state index in [1.54, 1.807) is 0 Å². The number of rotatable bonds is 9. The van der Waals surface area contributed by atoms with Crippen molar-refractivity contribution in [3.05, 3.63) is 0 Å². The van der Waals surface area contributed by atoms with Gasteiger partial charge in [-0.3, -0.25) is 4.79 Å². The molecular weight excluding hydrogens is 236 g/mol. The highest BCUT2D eigenvalue weighted by atomic mass is 16.8. The third kappa shape index (κ3) is 3.43. The molecule has 0 aromatic rings. The first-order chi connectivity index (χ1) is 8.47. The van der Waals surface area contributed by atoms with E-state index in [9.17, 15) is 4.79 Å². The van der Waals surface area contributed by atoms with Crippen LogP contribution in [0.3, 0.4) is 0 Å². The minimum atomic E-state index is -1.22. The van der Waals surface area contributed by atoms with E-state index in [2.05, 4.69) is 0 Å². The Bertz CT molecular complexity index is 250. The summed E-state index contributed by atoms with van der Waals surface area (Å²) >= 11 is 0. The fourth-order valence-electron chi connectivity index (χ4n) is 2.25. The number of hydrogen-bond donors (Lipinski definition) is 0. The van der Waals surface area contributed by atoms with Gasteiger partial charge >= 0.3 is 5.97 Å². The Balaban J connectivity index is 5.50. The molecule has 0 heterocycles. The molecule has 0 aromatic heterocycles. The maximum atomic E-state index is 11.4. The van der Waals surface area contributed by atoms with E-state index < -0.39 is 17.5 Å². The predicted molar refractivity (Wildman–Crippen MR) is 68.1 cm³/mol. The first-order valence-corrected chi connectivity index (χ1v) is 6.41. The summed E-state index contributed by atoms with van der Waals surface area (Å²) in [5, 5.41) is 0. The number of carbonyl (C=O) groups is 1. The Hall–Kier alpha value is -0.650. The summed E-state index contributed by atoms with van der Waals surface area (Å²) in [6.07, 6.45) is 1.79. The van der Waals surface area contributed by atoms with Crippen LogP contribution in [0.4, 0.5) is 0 Å². The maximum absolute atomic E-state index is 11.4. The van der Waals surface area contributed by atoms with Gasteiger partial charge in [0.2, 0.25) is 5.79 Å².